The fourth-order valence-corrected chi connectivity index (χ4v) is 2.15. The first-order chi connectivity index (χ1) is 9.97. The SMILES string of the molecule is Cc1ccc(CCN=C(N)NC(C)CCCC(C)C)cn1. The summed E-state index contributed by atoms with van der Waals surface area (Å²) in [6, 6.07) is 4.50. The summed E-state index contributed by atoms with van der Waals surface area (Å²) >= 11 is 0. The number of guanidine groups is 1. The second-order valence-corrected chi connectivity index (χ2v) is 6.19. The van der Waals surface area contributed by atoms with Crippen LogP contribution in [-0.2, 0) is 6.42 Å². The lowest BCUT2D eigenvalue weighted by atomic mass is 10.0. The van der Waals surface area contributed by atoms with Crippen molar-refractivity contribution in [2.75, 3.05) is 6.54 Å². The molecule has 1 atom stereocenters. The second-order valence-electron chi connectivity index (χ2n) is 6.19. The van der Waals surface area contributed by atoms with Crippen LogP contribution in [0.4, 0.5) is 0 Å². The number of hydrogen-bond acceptors (Lipinski definition) is 2. The molecule has 1 aromatic rings. The van der Waals surface area contributed by atoms with Gasteiger partial charge < -0.3 is 11.1 Å². The highest BCUT2D eigenvalue weighted by atomic mass is 15.1. The van der Waals surface area contributed by atoms with E-state index >= 15 is 0 Å². The second kappa shape index (κ2) is 9.37. The first-order valence-corrected chi connectivity index (χ1v) is 7.95. The fourth-order valence-electron chi connectivity index (χ4n) is 2.15. The standard InChI is InChI=1S/C17H30N4/c1-13(2)6-5-7-15(4)21-17(18)19-11-10-16-9-8-14(3)20-12-16/h8-9,12-13,15H,5-7,10-11H2,1-4H3,(H3,18,19,21). The Bertz CT molecular complexity index is 423. The van der Waals surface area contributed by atoms with Gasteiger partial charge in [-0.15, -0.1) is 0 Å². The lowest BCUT2D eigenvalue weighted by Gasteiger charge is -2.15. The van der Waals surface area contributed by atoms with E-state index < -0.39 is 0 Å². The molecule has 1 heterocycles. The van der Waals surface area contributed by atoms with Crippen LogP contribution in [0.1, 0.15) is 51.3 Å². The molecule has 0 aliphatic carbocycles. The molecule has 0 aromatic carbocycles. The van der Waals surface area contributed by atoms with Gasteiger partial charge in [0.1, 0.15) is 0 Å². The van der Waals surface area contributed by atoms with Crippen LogP contribution >= 0.6 is 0 Å². The van der Waals surface area contributed by atoms with Gasteiger partial charge in [-0.2, -0.15) is 0 Å². The van der Waals surface area contributed by atoms with E-state index in [4.69, 9.17) is 5.73 Å². The van der Waals surface area contributed by atoms with Gasteiger partial charge in [0.05, 0.1) is 0 Å². The summed E-state index contributed by atoms with van der Waals surface area (Å²) in [4.78, 5) is 8.66. The average molecular weight is 290 g/mol. The zero-order valence-corrected chi connectivity index (χ0v) is 13.9. The van der Waals surface area contributed by atoms with Crippen LogP contribution in [0.5, 0.6) is 0 Å². The molecule has 21 heavy (non-hydrogen) atoms. The van der Waals surface area contributed by atoms with E-state index in [0.717, 1.165) is 24.5 Å². The Balaban J connectivity index is 2.24. The monoisotopic (exact) mass is 290 g/mol. The molecule has 1 unspecified atom stereocenters. The average Bonchev–Trinajstić information content (AvgIpc) is 2.40. The third-order valence-corrected chi connectivity index (χ3v) is 3.47. The molecule has 1 aromatic heterocycles. The predicted molar refractivity (Wildman–Crippen MR) is 90.5 cm³/mol. The molecule has 0 fully saturated rings. The normalized spacial score (nSPS) is 13.5. The third kappa shape index (κ3) is 8.33. The largest absolute Gasteiger partial charge is 0.370 e. The maximum Gasteiger partial charge on any atom is 0.188 e. The van der Waals surface area contributed by atoms with Crippen LogP contribution in [0.25, 0.3) is 0 Å². The minimum atomic E-state index is 0.383. The molecule has 1 rings (SSSR count). The van der Waals surface area contributed by atoms with Crippen molar-refractivity contribution >= 4 is 5.96 Å². The minimum absolute atomic E-state index is 0.383. The van der Waals surface area contributed by atoms with E-state index in [0.29, 0.717) is 18.5 Å². The van der Waals surface area contributed by atoms with Crippen molar-refractivity contribution in [2.45, 2.75) is 59.4 Å². The Labute approximate surface area is 129 Å². The number of pyridine rings is 1. The zero-order valence-electron chi connectivity index (χ0n) is 13.9. The maximum atomic E-state index is 5.92. The summed E-state index contributed by atoms with van der Waals surface area (Å²) in [6.45, 7) is 9.36. The van der Waals surface area contributed by atoms with Crippen LogP contribution in [0.3, 0.4) is 0 Å². The number of aromatic nitrogens is 1. The number of aryl methyl sites for hydroxylation is 1. The summed E-state index contributed by atoms with van der Waals surface area (Å²) in [5.74, 6) is 1.32. The predicted octanol–water partition coefficient (Wildman–Crippen LogP) is 3.05. The van der Waals surface area contributed by atoms with Gasteiger partial charge in [0.15, 0.2) is 5.96 Å². The summed E-state index contributed by atoms with van der Waals surface area (Å²) in [5.41, 5.74) is 8.15. The van der Waals surface area contributed by atoms with Crippen LogP contribution < -0.4 is 11.1 Å². The van der Waals surface area contributed by atoms with Gasteiger partial charge in [-0.05, 0) is 44.2 Å². The number of nitrogens with two attached hydrogens (primary N) is 1. The van der Waals surface area contributed by atoms with Gasteiger partial charge >= 0.3 is 0 Å². The topological polar surface area (TPSA) is 63.3 Å². The van der Waals surface area contributed by atoms with Crippen molar-refractivity contribution in [1.82, 2.24) is 10.3 Å². The molecule has 0 saturated carbocycles. The molecule has 0 amide bonds. The Kier molecular flexibility index (Phi) is 7.80. The molecular formula is C17H30N4. The van der Waals surface area contributed by atoms with E-state index in [-0.39, 0.29) is 0 Å². The van der Waals surface area contributed by atoms with Gasteiger partial charge in [-0.1, -0.05) is 32.8 Å². The molecule has 0 radical (unpaired) electrons. The maximum absolute atomic E-state index is 5.92. The van der Waals surface area contributed by atoms with E-state index in [1.165, 1.54) is 18.4 Å². The first kappa shape index (κ1) is 17.5. The van der Waals surface area contributed by atoms with Crippen LogP contribution in [0.15, 0.2) is 23.3 Å². The number of nitrogens with one attached hydrogen (secondary N) is 1. The van der Waals surface area contributed by atoms with Crippen molar-refractivity contribution < 1.29 is 0 Å². The smallest absolute Gasteiger partial charge is 0.188 e. The van der Waals surface area contributed by atoms with Crippen LogP contribution in [0, 0.1) is 12.8 Å². The summed E-state index contributed by atoms with van der Waals surface area (Å²) in [6.07, 6.45) is 6.41. The molecule has 0 bridgehead atoms. The van der Waals surface area contributed by atoms with Crippen LogP contribution in [0.2, 0.25) is 0 Å². The van der Waals surface area contributed by atoms with Gasteiger partial charge in [0.2, 0.25) is 0 Å². The molecule has 4 heteroatoms. The van der Waals surface area contributed by atoms with Crippen molar-refractivity contribution in [3.8, 4) is 0 Å². The highest BCUT2D eigenvalue weighted by Gasteiger charge is 2.03. The van der Waals surface area contributed by atoms with Gasteiger partial charge in [-0.25, -0.2) is 0 Å². The number of aliphatic imine (C=N–C) groups is 1. The molecular weight excluding hydrogens is 260 g/mol. The molecule has 0 saturated heterocycles. The number of hydrogen-bond donors (Lipinski definition) is 2. The molecule has 0 aliphatic rings. The Morgan fingerprint density at radius 3 is 2.67 bits per heavy atom. The molecule has 0 spiro atoms. The van der Waals surface area contributed by atoms with Gasteiger partial charge in [0, 0.05) is 24.5 Å². The quantitative estimate of drug-likeness (QED) is 0.571. The summed E-state index contributed by atoms with van der Waals surface area (Å²) < 4.78 is 0. The fraction of sp³-hybridized carbons (Fsp3) is 0.647. The van der Waals surface area contributed by atoms with Crippen molar-refractivity contribution in [2.24, 2.45) is 16.6 Å². The number of nitrogens with zero attached hydrogens (tertiary/aromatic N) is 2. The zero-order chi connectivity index (χ0) is 15.7. The Hall–Kier alpha value is -1.58. The molecule has 118 valence electrons. The Morgan fingerprint density at radius 1 is 1.29 bits per heavy atom. The lowest BCUT2D eigenvalue weighted by Crippen LogP contribution is -2.38. The Morgan fingerprint density at radius 2 is 2.05 bits per heavy atom. The van der Waals surface area contributed by atoms with E-state index in [9.17, 15) is 0 Å². The summed E-state index contributed by atoms with van der Waals surface area (Å²) in [5, 5.41) is 3.26. The third-order valence-electron chi connectivity index (χ3n) is 3.47. The molecule has 3 N–H and O–H groups in total. The molecule has 0 aliphatic heterocycles. The highest BCUT2D eigenvalue weighted by Crippen LogP contribution is 2.08. The highest BCUT2D eigenvalue weighted by molar-refractivity contribution is 5.78. The number of rotatable bonds is 8. The van der Waals surface area contributed by atoms with Crippen LogP contribution in [-0.4, -0.2) is 23.5 Å². The van der Waals surface area contributed by atoms with Crippen molar-refractivity contribution in [3.05, 3.63) is 29.6 Å². The van der Waals surface area contributed by atoms with E-state index in [1.54, 1.807) is 0 Å². The molecule has 4 nitrogen and oxygen atoms in total. The first-order valence-electron chi connectivity index (χ1n) is 7.95. The van der Waals surface area contributed by atoms with Gasteiger partial charge in [0.25, 0.3) is 0 Å². The minimum Gasteiger partial charge on any atom is -0.370 e. The van der Waals surface area contributed by atoms with Crippen molar-refractivity contribution in [3.63, 3.8) is 0 Å². The van der Waals surface area contributed by atoms with Gasteiger partial charge in [-0.3, -0.25) is 9.98 Å². The summed E-state index contributed by atoms with van der Waals surface area (Å²) in [7, 11) is 0. The lowest BCUT2D eigenvalue weighted by molar-refractivity contribution is 0.493. The van der Waals surface area contributed by atoms with E-state index in [1.807, 2.05) is 19.2 Å². The van der Waals surface area contributed by atoms with E-state index in [2.05, 4.69) is 42.1 Å². The van der Waals surface area contributed by atoms with Crippen molar-refractivity contribution in [1.29, 1.82) is 0 Å².